The molecular formula is C13H16N4O2S. The second-order valence-corrected chi connectivity index (χ2v) is 5.88. The van der Waals surface area contributed by atoms with E-state index < -0.39 is 0 Å². The molecule has 3 rings (SSSR count). The molecule has 0 spiro atoms. The molecule has 2 aromatic heterocycles. The number of aromatic nitrogens is 3. The molecule has 3 heterocycles. The van der Waals surface area contributed by atoms with Gasteiger partial charge in [0.2, 0.25) is 5.91 Å². The standard InChI is InChI=1S/C13H16N4O2S/c18-12-11(5-1-2-6-14-12)20-13-16-15-9-17(13)8-10-4-3-7-19-10/h3-4,7,9,11H,1-2,5-6,8H2,(H,14,18)/t11-/m0/s1. The van der Waals surface area contributed by atoms with E-state index in [2.05, 4.69) is 15.5 Å². The molecule has 0 aliphatic carbocycles. The minimum absolute atomic E-state index is 0.0861. The van der Waals surface area contributed by atoms with Gasteiger partial charge in [-0.05, 0) is 25.0 Å². The maximum atomic E-state index is 12.0. The molecule has 7 heteroatoms. The summed E-state index contributed by atoms with van der Waals surface area (Å²) < 4.78 is 7.23. The van der Waals surface area contributed by atoms with Gasteiger partial charge in [-0.1, -0.05) is 18.2 Å². The first-order valence-corrected chi connectivity index (χ1v) is 7.55. The van der Waals surface area contributed by atoms with Gasteiger partial charge in [-0.2, -0.15) is 0 Å². The molecule has 106 valence electrons. The van der Waals surface area contributed by atoms with Crippen LogP contribution in [0, 0.1) is 0 Å². The van der Waals surface area contributed by atoms with Crippen LogP contribution in [0.3, 0.4) is 0 Å². The topological polar surface area (TPSA) is 73.0 Å². The fraction of sp³-hybridized carbons (Fsp3) is 0.462. The molecule has 0 radical (unpaired) electrons. The second-order valence-electron chi connectivity index (χ2n) is 4.71. The van der Waals surface area contributed by atoms with Crippen molar-refractivity contribution in [3.63, 3.8) is 0 Å². The molecule has 6 nitrogen and oxygen atoms in total. The van der Waals surface area contributed by atoms with E-state index in [-0.39, 0.29) is 11.2 Å². The van der Waals surface area contributed by atoms with Crippen LogP contribution >= 0.6 is 11.8 Å². The third kappa shape index (κ3) is 3.04. The lowest BCUT2D eigenvalue weighted by molar-refractivity contribution is -0.120. The highest BCUT2D eigenvalue weighted by molar-refractivity contribution is 8.00. The molecule has 20 heavy (non-hydrogen) atoms. The molecule has 1 N–H and O–H groups in total. The fourth-order valence-electron chi connectivity index (χ4n) is 2.17. The van der Waals surface area contributed by atoms with Crippen LogP contribution in [0.1, 0.15) is 25.0 Å². The van der Waals surface area contributed by atoms with Gasteiger partial charge in [-0.25, -0.2) is 0 Å². The van der Waals surface area contributed by atoms with Crippen LogP contribution in [-0.4, -0.2) is 32.5 Å². The van der Waals surface area contributed by atoms with Gasteiger partial charge < -0.3 is 14.3 Å². The number of amides is 1. The van der Waals surface area contributed by atoms with Gasteiger partial charge in [-0.3, -0.25) is 4.79 Å². The summed E-state index contributed by atoms with van der Waals surface area (Å²) >= 11 is 1.48. The van der Waals surface area contributed by atoms with E-state index in [9.17, 15) is 4.79 Å². The smallest absolute Gasteiger partial charge is 0.233 e. The predicted octanol–water partition coefficient (Wildman–Crippen LogP) is 1.68. The minimum Gasteiger partial charge on any atom is -0.467 e. The van der Waals surface area contributed by atoms with Gasteiger partial charge in [0.15, 0.2) is 5.16 Å². The zero-order valence-electron chi connectivity index (χ0n) is 11.0. The Balaban J connectivity index is 1.71. The Morgan fingerprint density at radius 1 is 1.50 bits per heavy atom. The zero-order chi connectivity index (χ0) is 13.8. The SMILES string of the molecule is O=C1NCCCC[C@@H]1Sc1nncn1Cc1ccco1. The summed E-state index contributed by atoms with van der Waals surface area (Å²) in [7, 11) is 0. The molecule has 1 aliphatic heterocycles. The monoisotopic (exact) mass is 292 g/mol. The number of hydrogen-bond donors (Lipinski definition) is 1. The van der Waals surface area contributed by atoms with Gasteiger partial charge in [0.05, 0.1) is 18.1 Å². The Labute approximate surface area is 120 Å². The van der Waals surface area contributed by atoms with E-state index in [4.69, 9.17) is 4.42 Å². The van der Waals surface area contributed by atoms with Gasteiger partial charge >= 0.3 is 0 Å². The van der Waals surface area contributed by atoms with E-state index in [1.54, 1.807) is 12.6 Å². The summed E-state index contributed by atoms with van der Waals surface area (Å²) in [6.07, 6.45) is 6.29. The molecule has 0 bridgehead atoms. The van der Waals surface area contributed by atoms with Crippen LogP contribution in [0.25, 0.3) is 0 Å². The van der Waals surface area contributed by atoms with Crippen molar-refractivity contribution in [1.29, 1.82) is 0 Å². The van der Waals surface area contributed by atoms with Crippen LogP contribution in [0.5, 0.6) is 0 Å². The van der Waals surface area contributed by atoms with Crippen molar-refractivity contribution in [2.45, 2.75) is 36.2 Å². The van der Waals surface area contributed by atoms with Crippen molar-refractivity contribution in [3.8, 4) is 0 Å². The summed E-state index contributed by atoms with van der Waals surface area (Å²) in [4.78, 5) is 12.0. The van der Waals surface area contributed by atoms with Crippen LogP contribution < -0.4 is 5.32 Å². The Kier molecular flexibility index (Phi) is 4.05. The van der Waals surface area contributed by atoms with E-state index in [0.717, 1.165) is 36.7 Å². The molecule has 0 saturated carbocycles. The van der Waals surface area contributed by atoms with Crippen LogP contribution in [-0.2, 0) is 11.3 Å². The van der Waals surface area contributed by atoms with Crippen molar-refractivity contribution in [2.24, 2.45) is 0 Å². The first kappa shape index (κ1) is 13.2. The summed E-state index contributed by atoms with van der Waals surface area (Å²) in [6, 6.07) is 3.76. The molecule has 0 unspecified atom stereocenters. The lowest BCUT2D eigenvalue weighted by Crippen LogP contribution is -2.30. The number of carbonyl (C=O) groups excluding carboxylic acids is 1. The quantitative estimate of drug-likeness (QED) is 0.928. The maximum absolute atomic E-state index is 12.0. The Morgan fingerprint density at radius 2 is 2.45 bits per heavy atom. The highest BCUT2D eigenvalue weighted by Crippen LogP contribution is 2.26. The largest absolute Gasteiger partial charge is 0.467 e. The molecular weight excluding hydrogens is 276 g/mol. The number of hydrogen-bond acceptors (Lipinski definition) is 5. The molecule has 1 saturated heterocycles. The molecule has 0 aromatic carbocycles. The van der Waals surface area contributed by atoms with Crippen molar-refractivity contribution in [2.75, 3.05) is 6.54 Å². The summed E-state index contributed by atoms with van der Waals surface area (Å²) in [6.45, 7) is 1.35. The highest BCUT2D eigenvalue weighted by atomic mass is 32.2. The van der Waals surface area contributed by atoms with Crippen molar-refractivity contribution in [3.05, 3.63) is 30.5 Å². The normalized spacial score (nSPS) is 19.6. The van der Waals surface area contributed by atoms with Gasteiger partial charge in [0.25, 0.3) is 0 Å². The van der Waals surface area contributed by atoms with Crippen LogP contribution in [0.2, 0.25) is 0 Å². The van der Waals surface area contributed by atoms with Crippen LogP contribution in [0.4, 0.5) is 0 Å². The lowest BCUT2D eigenvalue weighted by atomic mass is 10.2. The van der Waals surface area contributed by atoms with Crippen LogP contribution in [0.15, 0.2) is 34.3 Å². The predicted molar refractivity (Wildman–Crippen MR) is 74.3 cm³/mol. The van der Waals surface area contributed by atoms with Gasteiger partial charge in [0.1, 0.15) is 12.1 Å². The number of nitrogens with one attached hydrogen (secondary N) is 1. The number of carbonyl (C=O) groups is 1. The molecule has 1 fully saturated rings. The lowest BCUT2D eigenvalue weighted by Gasteiger charge is -2.12. The second kappa shape index (κ2) is 6.13. The first-order chi connectivity index (χ1) is 9.83. The summed E-state index contributed by atoms with van der Waals surface area (Å²) in [5, 5.41) is 11.6. The Hall–Kier alpha value is -1.76. The van der Waals surface area contributed by atoms with Crippen molar-refractivity contribution in [1.82, 2.24) is 20.1 Å². The number of rotatable bonds is 4. The summed E-state index contributed by atoms with van der Waals surface area (Å²) in [5.41, 5.74) is 0. The van der Waals surface area contributed by atoms with Gasteiger partial charge in [-0.15, -0.1) is 10.2 Å². The zero-order valence-corrected chi connectivity index (χ0v) is 11.8. The van der Waals surface area contributed by atoms with E-state index >= 15 is 0 Å². The maximum Gasteiger partial charge on any atom is 0.233 e. The van der Waals surface area contributed by atoms with Crippen molar-refractivity contribution < 1.29 is 9.21 Å². The third-order valence-electron chi connectivity index (χ3n) is 3.22. The van der Waals surface area contributed by atoms with Crippen molar-refractivity contribution >= 4 is 17.7 Å². The molecule has 1 aliphatic rings. The van der Waals surface area contributed by atoms with E-state index in [1.807, 2.05) is 16.7 Å². The Bertz CT molecular complexity index is 567. The number of thioether (sulfide) groups is 1. The van der Waals surface area contributed by atoms with E-state index in [0.29, 0.717) is 6.54 Å². The average Bonchev–Trinajstić information content (AvgIpc) is 3.05. The number of furan rings is 1. The Morgan fingerprint density at radius 3 is 3.30 bits per heavy atom. The summed E-state index contributed by atoms with van der Waals surface area (Å²) in [5.74, 6) is 0.942. The fourth-order valence-corrected chi connectivity index (χ4v) is 3.24. The highest BCUT2D eigenvalue weighted by Gasteiger charge is 2.24. The van der Waals surface area contributed by atoms with Gasteiger partial charge in [0, 0.05) is 6.54 Å². The average molecular weight is 292 g/mol. The minimum atomic E-state index is -0.0861. The molecule has 2 aromatic rings. The third-order valence-corrected chi connectivity index (χ3v) is 4.48. The first-order valence-electron chi connectivity index (χ1n) is 6.67. The molecule has 1 atom stereocenters. The number of nitrogens with zero attached hydrogens (tertiary/aromatic N) is 3. The molecule has 1 amide bonds. The van der Waals surface area contributed by atoms with E-state index in [1.165, 1.54) is 11.8 Å².